The highest BCUT2D eigenvalue weighted by molar-refractivity contribution is 7.92. The van der Waals surface area contributed by atoms with Crippen LogP contribution in [0.5, 0.6) is 0 Å². The maximum Gasteiger partial charge on any atom is 0.153 e. The monoisotopic (exact) mass is 218 g/mol. The molecule has 1 rings (SSSR count). The molecule has 0 radical (unpaired) electrons. The first-order valence-corrected chi connectivity index (χ1v) is 6.86. The van der Waals surface area contributed by atoms with Gasteiger partial charge in [-0.25, -0.2) is 8.42 Å². The zero-order valence-corrected chi connectivity index (χ0v) is 9.17. The molecule has 0 spiro atoms. The summed E-state index contributed by atoms with van der Waals surface area (Å²) in [4.78, 5) is 0. The Bertz CT molecular complexity index is 280. The van der Waals surface area contributed by atoms with Gasteiger partial charge >= 0.3 is 0 Å². The van der Waals surface area contributed by atoms with Gasteiger partial charge in [0.1, 0.15) is 0 Å². The van der Waals surface area contributed by atoms with Crippen molar-refractivity contribution in [1.82, 2.24) is 0 Å². The second-order valence-electron chi connectivity index (χ2n) is 3.70. The topological polar surface area (TPSA) is 54.4 Å². The molecule has 1 heterocycles. The zero-order valence-electron chi connectivity index (χ0n) is 8.35. The maximum atomic E-state index is 11.6. The van der Waals surface area contributed by atoms with Gasteiger partial charge < -0.3 is 5.11 Å². The van der Waals surface area contributed by atoms with E-state index in [0.717, 1.165) is 19.3 Å². The molecular formula is C10H18O3S. The van der Waals surface area contributed by atoms with Crippen LogP contribution in [0.15, 0.2) is 12.2 Å². The SMILES string of the molecule is O=S1(=O)CCCCC1C/C=C\CCO. The lowest BCUT2D eigenvalue weighted by Gasteiger charge is -2.20. The molecule has 0 aromatic carbocycles. The third-order valence-corrected chi connectivity index (χ3v) is 4.88. The summed E-state index contributed by atoms with van der Waals surface area (Å²) in [5, 5.41) is 8.36. The van der Waals surface area contributed by atoms with Crippen LogP contribution in [0.25, 0.3) is 0 Å². The van der Waals surface area contributed by atoms with Crippen molar-refractivity contribution >= 4 is 9.84 Å². The van der Waals surface area contributed by atoms with Crippen LogP contribution in [0.2, 0.25) is 0 Å². The van der Waals surface area contributed by atoms with Crippen LogP contribution in [0, 0.1) is 0 Å². The number of aliphatic hydroxyl groups is 1. The highest BCUT2D eigenvalue weighted by Gasteiger charge is 2.27. The molecule has 14 heavy (non-hydrogen) atoms. The molecule has 0 aliphatic carbocycles. The fourth-order valence-corrected chi connectivity index (χ4v) is 3.60. The first-order chi connectivity index (χ1) is 6.67. The van der Waals surface area contributed by atoms with Crippen LogP contribution < -0.4 is 0 Å². The molecule has 1 unspecified atom stereocenters. The third kappa shape index (κ3) is 3.42. The van der Waals surface area contributed by atoms with Gasteiger partial charge in [-0.3, -0.25) is 0 Å². The van der Waals surface area contributed by atoms with E-state index in [-0.39, 0.29) is 11.9 Å². The molecule has 1 saturated heterocycles. The Balaban J connectivity index is 2.42. The Morgan fingerprint density at radius 2 is 2.07 bits per heavy atom. The van der Waals surface area contributed by atoms with Gasteiger partial charge in [0.2, 0.25) is 0 Å². The van der Waals surface area contributed by atoms with E-state index >= 15 is 0 Å². The molecule has 0 aromatic rings. The molecule has 4 heteroatoms. The standard InChI is InChI=1S/C10H18O3S/c11-8-4-1-2-6-10-7-3-5-9-14(10,12)13/h1-2,10-11H,3-9H2/b2-1-. The van der Waals surface area contributed by atoms with Gasteiger partial charge in [-0.05, 0) is 25.7 Å². The Kier molecular flexibility index (Phi) is 4.62. The van der Waals surface area contributed by atoms with E-state index in [9.17, 15) is 8.42 Å². The van der Waals surface area contributed by atoms with Crippen LogP contribution in [-0.2, 0) is 9.84 Å². The minimum absolute atomic E-state index is 0.133. The van der Waals surface area contributed by atoms with E-state index in [1.807, 2.05) is 12.2 Å². The van der Waals surface area contributed by atoms with Gasteiger partial charge in [0.15, 0.2) is 9.84 Å². The number of hydrogen-bond donors (Lipinski definition) is 1. The fourth-order valence-electron chi connectivity index (χ4n) is 1.73. The van der Waals surface area contributed by atoms with Crippen molar-refractivity contribution in [2.45, 2.75) is 37.4 Å². The third-order valence-electron chi connectivity index (χ3n) is 2.57. The van der Waals surface area contributed by atoms with E-state index in [1.54, 1.807) is 0 Å². The smallest absolute Gasteiger partial charge is 0.153 e. The predicted octanol–water partition coefficient (Wildman–Crippen LogP) is 1.28. The normalized spacial score (nSPS) is 26.8. The van der Waals surface area contributed by atoms with Crippen molar-refractivity contribution in [2.75, 3.05) is 12.4 Å². The van der Waals surface area contributed by atoms with Gasteiger partial charge in [0.25, 0.3) is 0 Å². The zero-order chi connectivity index (χ0) is 10.4. The van der Waals surface area contributed by atoms with Crippen molar-refractivity contribution in [3.8, 4) is 0 Å². The fraction of sp³-hybridized carbons (Fsp3) is 0.800. The highest BCUT2D eigenvalue weighted by Crippen LogP contribution is 2.22. The molecule has 3 nitrogen and oxygen atoms in total. The van der Waals surface area contributed by atoms with Gasteiger partial charge in [-0.15, -0.1) is 0 Å². The lowest BCUT2D eigenvalue weighted by molar-refractivity contribution is 0.302. The van der Waals surface area contributed by atoms with Crippen molar-refractivity contribution in [3.63, 3.8) is 0 Å². The summed E-state index contributed by atoms with van der Waals surface area (Å²) in [6.07, 6.45) is 7.60. The molecule has 0 saturated carbocycles. The Morgan fingerprint density at radius 1 is 1.29 bits per heavy atom. The minimum Gasteiger partial charge on any atom is -0.396 e. The summed E-state index contributed by atoms with van der Waals surface area (Å²) in [7, 11) is -2.82. The van der Waals surface area contributed by atoms with E-state index in [0.29, 0.717) is 18.6 Å². The van der Waals surface area contributed by atoms with Crippen molar-refractivity contribution in [3.05, 3.63) is 12.2 Å². The summed E-state index contributed by atoms with van der Waals surface area (Å²) < 4.78 is 23.1. The predicted molar refractivity (Wildman–Crippen MR) is 56.9 cm³/mol. The van der Waals surface area contributed by atoms with E-state index in [2.05, 4.69) is 0 Å². The average Bonchev–Trinajstić information content (AvgIpc) is 2.14. The van der Waals surface area contributed by atoms with Gasteiger partial charge in [-0.1, -0.05) is 18.6 Å². The second kappa shape index (κ2) is 5.51. The molecular weight excluding hydrogens is 200 g/mol. The Morgan fingerprint density at radius 3 is 2.71 bits per heavy atom. The molecule has 0 aromatic heterocycles. The number of rotatable bonds is 4. The van der Waals surface area contributed by atoms with Crippen LogP contribution in [0.1, 0.15) is 32.1 Å². The summed E-state index contributed by atoms with van der Waals surface area (Å²) in [6.45, 7) is 0.133. The number of hydrogen-bond acceptors (Lipinski definition) is 3. The first-order valence-electron chi connectivity index (χ1n) is 5.14. The summed E-state index contributed by atoms with van der Waals surface area (Å²) in [6, 6.07) is 0. The molecule has 0 amide bonds. The van der Waals surface area contributed by atoms with E-state index in [1.165, 1.54) is 0 Å². The van der Waals surface area contributed by atoms with Crippen molar-refractivity contribution < 1.29 is 13.5 Å². The van der Waals surface area contributed by atoms with Gasteiger partial charge in [0, 0.05) is 6.61 Å². The summed E-state index contributed by atoms with van der Waals surface area (Å²) in [5.74, 6) is 0.353. The second-order valence-corrected chi connectivity index (χ2v) is 6.10. The quantitative estimate of drug-likeness (QED) is 0.723. The molecule has 1 fully saturated rings. The highest BCUT2D eigenvalue weighted by atomic mass is 32.2. The molecule has 1 atom stereocenters. The van der Waals surface area contributed by atoms with Crippen LogP contribution in [0.3, 0.4) is 0 Å². The molecule has 82 valence electrons. The summed E-state index contributed by atoms with van der Waals surface area (Å²) in [5.41, 5.74) is 0. The molecule has 1 N–H and O–H groups in total. The number of aliphatic hydroxyl groups excluding tert-OH is 1. The van der Waals surface area contributed by atoms with Crippen LogP contribution in [0.4, 0.5) is 0 Å². The number of allylic oxidation sites excluding steroid dienone is 1. The maximum absolute atomic E-state index is 11.6. The summed E-state index contributed by atoms with van der Waals surface area (Å²) >= 11 is 0. The molecule has 0 bridgehead atoms. The van der Waals surface area contributed by atoms with Gasteiger partial charge in [0.05, 0.1) is 11.0 Å². The lowest BCUT2D eigenvalue weighted by atomic mass is 10.1. The van der Waals surface area contributed by atoms with Crippen LogP contribution in [-0.4, -0.2) is 31.1 Å². The Labute approximate surface area is 85.7 Å². The average molecular weight is 218 g/mol. The van der Waals surface area contributed by atoms with Crippen LogP contribution >= 0.6 is 0 Å². The van der Waals surface area contributed by atoms with Crippen molar-refractivity contribution in [2.24, 2.45) is 0 Å². The number of sulfone groups is 1. The van der Waals surface area contributed by atoms with E-state index < -0.39 is 9.84 Å². The lowest BCUT2D eigenvalue weighted by Crippen LogP contribution is -2.27. The largest absolute Gasteiger partial charge is 0.396 e. The molecule has 1 aliphatic rings. The Hall–Kier alpha value is -0.350. The molecule has 1 aliphatic heterocycles. The first kappa shape index (κ1) is 11.7. The van der Waals surface area contributed by atoms with Gasteiger partial charge in [-0.2, -0.15) is 0 Å². The van der Waals surface area contributed by atoms with E-state index in [4.69, 9.17) is 5.11 Å². The van der Waals surface area contributed by atoms with Crippen molar-refractivity contribution in [1.29, 1.82) is 0 Å². The minimum atomic E-state index is -2.82.